The number of carbonyl (C=O) groups excluding carboxylic acids is 1. The first-order chi connectivity index (χ1) is 9.97. The number of nitrogens with one attached hydrogen (secondary N) is 2. The van der Waals surface area contributed by atoms with E-state index < -0.39 is 18.0 Å². The standard InChI is InChI=1S/C14H22N4O3/c1-9-4-3-5-10(9)6-15-14(21)17-12(13(19)20)11-7-16-18(2)8-11/h7-10,12H,3-6H2,1-2H3,(H,19,20)(H2,15,17,21). The van der Waals surface area contributed by atoms with Gasteiger partial charge in [0.05, 0.1) is 6.20 Å². The summed E-state index contributed by atoms with van der Waals surface area (Å²) in [6, 6.07) is -1.54. The molecule has 0 aliphatic heterocycles. The lowest BCUT2D eigenvalue weighted by molar-refractivity contribution is -0.139. The van der Waals surface area contributed by atoms with Crippen LogP contribution in [-0.2, 0) is 11.8 Å². The molecule has 1 aromatic heterocycles. The number of carboxylic acids is 1. The van der Waals surface area contributed by atoms with Gasteiger partial charge in [-0.1, -0.05) is 19.8 Å². The van der Waals surface area contributed by atoms with Gasteiger partial charge in [-0.15, -0.1) is 0 Å². The molecule has 0 aromatic carbocycles. The van der Waals surface area contributed by atoms with Crippen molar-refractivity contribution in [3.63, 3.8) is 0 Å². The first-order valence-electron chi connectivity index (χ1n) is 7.23. The lowest BCUT2D eigenvalue weighted by Gasteiger charge is -2.18. The van der Waals surface area contributed by atoms with Gasteiger partial charge in [-0.2, -0.15) is 5.10 Å². The van der Waals surface area contributed by atoms with Crippen LogP contribution in [0.5, 0.6) is 0 Å². The van der Waals surface area contributed by atoms with Crippen molar-refractivity contribution >= 4 is 12.0 Å². The number of hydrogen-bond donors (Lipinski definition) is 3. The summed E-state index contributed by atoms with van der Waals surface area (Å²) >= 11 is 0. The van der Waals surface area contributed by atoms with Crippen LogP contribution >= 0.6 is 0 Å². The number of nitrogens with zero attached hydrogens (tertiary/aromatic N) is 2. The Kier molecular flexibility index (Phi) is 4.82. The largest absolute Gasteiger partial charge is 0.479 e. The molecule has 0 radical (unpaired) electrons. The number of aliphatic carboxylic acids is 1. The van der Waals surface area contributed by atoms with Crippen LogP contribution in [0.15, 0.2) is 12.4 Å². The summed E-state index contributed by atoms with van der Waals surface area (Å²) in [6.07, 6.45) is 6.53. The molecular formula is C14H22N4O3. The van der Waals surface area contributed by atoms with E-state index in [-0.39, 0.29) is 0 Å². The van der Waals surface area contributed by atoms with Gasteiger partial charge >= 0.3 is 12.0 Å². The molecule has 1 fully saturated rings. The van der Waals surface area contributed by atoms with Gasteiger partial charge in [0, 0.05) is 25.4 Å². The highest BCUT2D eigenvalue weighted by Gasteiger charge is 2.26. The summed E-state index contributed by atoms with van der Waals surface area (Å²) < 4.78 is 1.51. The highest BCUT2D eigenvalue weighted by Crippen LogP contribution is 2.30. The SMILES string of the molecule is CC1CCCC1CNC(=O)NC(C(=O)O)c1cnn(C)c1. The molecule has 0 bridgehead atoms. The van der Waals surface area contributed by atoms with Crippen molar-refractivity contribution < 1.29 is 14.7 Å². The fraction of sp³-hybridized carbons (Fsp3) is 0.643. The van der Waals surface area contributed by atoms with Crippen molar-refractivity contribution in [2.24, 2.45) is 18.9 Å². The molecule has 1 heterocycles. The van der Waals surface area contributed by atoms with Crippen LogP contribution in [0, 0.1) is 11.8 Å². The van der Waals surface area contributed by atoms with Gasteiger partial charge in [0.15, 0.2) is 6.04 Å². The van der Waals surface area contributed by atoms with Crippen molar-refractivity contribution in [3.8, 4) is 0 Å². The summed E-state index contributed by atoms with van der Waals surface area (Å²) in [7, 11) is 1.70. The first-order valence-corrected chi connectivity index (χ1v) is 7.23. The molecule has 116 valence electrons. The van der Waals surface area contributed by atoms with Gasteiger partial charge in [0.2, 0.25) is 0 Å². The van der Waals surface area contributed by atoms with E-state index in [1.165, 1.54) is 23.7 Å². The molecule has 3 unspecified atom stereocenters. The second kappa shape index (κ2) is 6.60. The van der Waals surface area contributed by atoms with Gasteiger partial charge in [-0.05, 0) is 18.3 Å². The highest BCUT2D eigenvalue weighted by atomic mass is 16.4. The van der Waals surface area contributed by atoms with Crippen molar-refractivity contribution in [2.45, 2.75) is 32.2 Å². The predicted molar refractivity (Wildman–Crippen MR) is 76.6 cm³/mol. The smallest absolute Gasteiger partial charge is 0.331 e. The van der Waals surface area contributed by atoms with Crippen molar-refractivity contribution in [1.82, 2.24) is 20.4 Å². The van der Waals surface area contributed by atoms with Crippen LogP contribution in [0.4, 0.5) is 4.79 Å². The molecule has 3 atom stereocenters. The fourth-order valence-electron chi connectivity index (χ4n) is 2.81. The lowest BCUT2D eigenvalue weighted by atomic mass is 9.98. The minimum atomic E-state index is -1.10. The summed E-state index contributed by atoms with van der Waals surface area (Å²) in [5.74, 6) is -0.0105. The zero-order valence-corrected chi connectivity index (χ0v) is 12.4. The molecule has 3 N–H and O–H groups in total. The minimum Gasteiger partial charge on any atom is -0.479 e. The van der Waals surface area contributed by atoms with E-state index in [9.17, 15) is 14.7 Å². The van der Waals surface area contributed by atoms with E-state index in [0.717, 1.165) is 6.42 Å². The number of rotatable bonds is 5. The molecule has 7 heteroatoms. The maximum absolute atomic E-state index is 11.9. The topological polar surface area (TPSA) is 96.2 Å². The molecule has 1 aromatic rings. The fourth-order valence-corrected chi connectivity index (χ4v) is 2.81. The molecule has 1 saturated carbocycles. The molecule has 1 aliphatic rings. The second-order valence-corrected chi connectivity index (χ2v) is 5.74. The molecular weight excluding hydrogens is 272 g/mol. The maximum Gasteiger partial charge on any atom is 0.331 e. The highest BCUT2D eigenvalue weighted by molar-refractivity contribution is 5.83. The van der Waals surface area contributed by atoms with E-state index in [1.54, 1.807) is 13.2 Å². The van der Waals surface area contributed by atoms with Gasteiger partial charge in [0.1, 0.15) is 0 Å². The molecule has 0 saturated heterocycles. The number of aryl methyl sites for hydroxylation is 1. The van der Waals surface area contributed by atoms with E-state index in [1.807, 2.05) is 0 Å². The van der Waals surface area contributed by atoms with Gasteiger partial charge < -0.3 is 15.7 Å². The Balaban J connectivity index is 1.88. The van der Waals surface area contributed by atoms with Gasteiger partial charge in [-0.3, -0.25) is 4.68 Å². The number of urea groups is 1. The zero-order chi connectivity index (χ0) is 15.4. The Hall–Kier alpha value is -2.05. The third-order valence-electron chi connectivity index (χ3n) is 4.14. The molecule has 21 heavy (non-hydrogen) atoms. The van der Waals surface area contributed by atoms with E-state index in [0.29, 0.717) is 23.9 Å². The van der Waals surface area contributed by atoms with Crippen LogP contribution in [-0.4, -0.2) is 33.4 Å². The Bertz CT molecular complexity index is 514. The van der Waals surface area contributed by atoms with Crippen LogP contribution in [0.1, 0.15) is 37.8 Å². The van der Waals surface area contributed by atoms with Crippen LogP contribution in [0.3, 0.4) is 0 Å². The predicted octanol–water partition coefficient (Wildman–Crippen LogP) is 1.28. The third-order valence-corrected chi connectivity index (χ3v) is 4.14. The third kappa shape index (κ3) is 3.96. The lowest BCUT2D eigenvalue weighted by Crippen LogP contribution is -2.42. The first kappa shape index (κ1) is 15.3. The van der Waals surface area contributed by atoms with Crippen LogP contribution < -0.4 is 10.6 Å². The minimum absolute atomic E-state index is 0.453. The van der Waals surface area contributed by atoms with E-state index in [4.69, 9.17) is 0 Å². The molecule has 2 rings (SSSR count). The van der Waals surface area contributed by atoms with Gasteiger partial charge in [-0.25, -0.2) is 9.59 Å². The van der Waals surface area contributed by atoms with Crippen molar-refractivity contribution in [1.29, 1.82) is 0 Å². The molecule has 7 nitrogen and oxygen atoms in total. The number of carboxylic acid groups (broad SMARTS) is 1. The zero-order valence-electron chi connectivity index (χ0n) is 12.4. The number of amides is 2. The monoisotopic (exact) mass is 294 g/mol. The van der Waals surface area contributed by atoms with E-state index >= 15 is 0 Å². The molecule has 2 amide bonds. The summed E-state index contributed by atoms with van der Waals surface area (Å²) in [4.78, 5) is 23.2. The van der Waals surface area contributed by atoms with Crippen molar-refractivity contribution in [3.05, 3.63) is 18.0 Å². The number of carbonyl (C=O) groups is 2. The Morgan fingerprint density at radius 1 is 1.52 bits per heavy atom. The van der Waals surface area contributed by atoms with Crippen molar-refractivity contribution in [2.75, 3.05) is 6.54 Å². The van der Waals surface area contributed by atoms with Crippen LogP contribution in [0.2, 0.25) is 0 Å². The number of hydrogen-bond acceptors (Lipinski definition) is 3. The Labute approximate surface area is 123 Å². The molecule has 1 aliphatic carbocycles. The average molecular weight is 294 g/mol. The second-order valence-electron chi connectivity index (χ2n) is 5.74. The summed E-state index contributed by atoms with van der Waals surface area (Å²) in [5, 5.41) is 18.4. The average Bonchev–Trinajstić information content (AvgIpc) is 3.02. The van der Waals surface area contributed by atoms with Crippen LogP contribution in [0.25, 0.3) is 0 Å². The number of aromatic nitrogens is 2. The normalized spacial score (nSPS) is 22.8. The van der Waals surface area contributed by atoms with E-state index in [2.05, 4.69) is 22.7 Å². The van der Waals surface area contributed by atoms with Gasteiger partial charge in [0.25, 0.3) is 0 Å². The molecule has 0 spiro atoms. The summed E-state index contributed by atoms with van der Waals surface area (Å²) in [5.41, 5.74) is 0.453. The quantitative estimate of drug-likeness (QED) is 0.762. The Morgan fingerprint density at radius 2 is 2.29 bits per heavy atom. The maximum atomic E-state index is 11.9. The Morgan fingerprint density at radius 3 is 2.81 bits per heavy atom. The summed E-state index contributed by atoms with van der Waals surface area (Å²) in [6.45, 7) is 2.78.